The van der Waals surface area contributed by atoms with E-state index in [9.17, 15) is 14.7 Å². The van der Waals surface area contributed by atoms with Crippen molar-refractivity contribution >= 4 is 11.8 Å². The SMILES string of the molecule is O=C(Cc1ccccc1)NCC(=O)N[C@H]1CCc2c(O)cccc21. The maximum Gasteiger partial charge on any atom is 0.239 e. The molecule has 2 aromatic rings. The van der Waals surface area contributed by atoms with Crippen LogP contribution in [0.5, 0.6) is 5.75 Å². The first-order chi connectivity index (χ1) is 11.6. The first kappa shape index (κ1) is 16.1. The van der Waals surface area contributed by atoms with Crippen molar-refractivity contribution in [2.24, 2.45) is 0 Å². The number of aromatic hydroxyl groups is 1. The first-order valence-corrected chi connectivity index (χ1v) is 8.04. The average molecular weight is 324 g/mol. The van der Waals surface area contributed by atoms with Crippen LogP contribution < -0.4 is 10.6 Å². The summed E-state index contributed by atoms with van der Waals surface area (Å²) in [5.41, 5.74) is 2.77. The standard InChI is InChI=1S/C19H20N2O3/c22-17-8-4-7-14-15(17)9-10-16(14)21-19(24)12-20-18(23)11-13-5-2-1-3-6-13/h1-8,16,22H,9-12H2,(H,20,23)(H,21,24)/t16-/m0/s1. The monoisotopic (exact) mass is 324 g/mol. The summed E-state index contributed by atoms with van der Waals surface area (Å²) in [4.78, 5) is 23.9. The third-order valence-electron chi connectivity index (χ3n) is 4.23. The molecule has 0 aromatic heterocycles. The van der Waals surface area contributed by atoms with Crippen LogP contribution in [0.3, 0.4) is 0 Å². The zero-order valence-corrected chi connectivity index (χ0v) is 13.3. The van der Waals surface area contributed by atoms with Crippen molar-refractivity contribution in [2.75, 3.05) is 6.54 Å². The molecule has 5 nitrogen and oxygen atoms in total. The summed E-state index contributed by atoms with van der Waals surface area (Å²) >= 11 is 0. The largest absolute Gasteiger partial charge is 0.508 e. The van der Waals surface area contributed by atoms with Crippen molar-refractivity contribution in [3.05, 3.63) is 65.2 Å². The molecular formula is C19H20N2O3. The lowest BCUT2D eigenvalue weighted by atomic mass is 10.1. The lowest BCUT2D eigenvalue weighted by Gasteiger charge is -2.14. The van der Waals surface area contributed by atoms with Crippen LogP contribution in [0.4, 0.5) is 0 Å². The molecule has 1 atom stereocenters. The Morgan fingerprint density at radius 3 is 2.62 bits per heavy atom. The van der Waals surface area contributed by atoms with Gasteiger partial charge in [0.25, 0.3) is 0 Å². The minimum absolute atomic E-state index is 0.0453. The molecule has 0 radical (unpaired) electrons. The van der Waals surface area contributed by atoms with E-state index in [0.717, 1.165) is 29.5 Å². The quantitative estimate of drug-likeness (QED) is 0.785. The van der Waals surface area contributed by atoms with Crippen molar-refractivity contribution in [3.63, 3.8) is 0 Å². The van der Waals surface area contributed by atoms with Crippen molar-refractivity contribution < 1.29 is 14.7 Å². The highest BCUT2D eigenvalue weighted by Gasteiger charge is 2.25. The van der Waals surface area contributed by atoms with Gasteiger partial charge in [0, 0.05) is 0 Å². The number of hydrogen-bond donors (Lipinski definition) is 3. The van der Waals surface area contributed by atoms with E-state index >= 15 is 0 Å². The predicted molar refractivity (Wildman–Crippen MR) is 90.5 cm³/mol. The number of rotatable bonds is 5. The van der Waals surface area contributed by atoms with Crippen molar-refractivity contribution in [2.45, 2.75) is 25.3 Å². The smallest absolute Gasteiger partial charge is 0.239 e. The van der Waals surface area contributed by atoms with E-state index in [-0.39, 0.29) is 36.6 Å². The van der Waals surface area contributed by atoms with Gasteiger partial charge in [-0.2, -0.15) is 0 Å². The molecule has 1 aliphatic carbocycles. The first-order valence-electron chi connectivity index (χ1n) is 8.04. The van der Waals surface area contributed by atoms with Gasteiger partial charge in [-0.3, -0.25) is 9.59 Å². The second-order valence-electron chi connectivity index (χ2n) is 5.94. The van der Waals surface area contributed by atoms with Crippen LogP contribution in [0.15, 0.2) is 48.5 Å². The third kappa shape index (κ3) is 3.74. The summed E-state index contributed by atoms with van der Waals surface area (Å²) < 4.78 is 0. The van der Waals surface area contributed by atoms with Crippen LogP contribution in [0.25, 0.3) is 0 Å². The predicted octanol–water partition coefficient (Wildman–Crippen LogP) is 1.85. The minimum atomic E-state index is -0.224. The van der Waals surface area contributed by atoms with Gasteiger partial charge >= 0.3 is 0 Å². The van der Waals surface area contributed by atoms with Gasteiger partial charge < -0.3 is 15.7 Å². The van der Waals surface area contributed by atoms with Crippen molar-refractivity contribution in [1.82, 2.24) is 10.6 Å². The van der Waals surface area contributed by atoms with Gasteiger partial charge in [-0.25, -0.2) is 0 Å². The lowest BCUT2D eigenvalue weighted by molar-refractivity contribution is -0.126. The fourth-order valence-corrected chi connectivity index (χ4v) is 3.05. The van der Waals surface area contributed by atoms with E-state index in [0.29, 0.717) is 0 Å². The van der Waals surface area contributed by atoms with Gasteiger partial charge in [-0.05, 0) is 35.6 Å². The molecule has 0 fully saturated rings. The van der Waals surface area contributed by atoms with Crippen LogP contribution in [0.1, 0.15) is 29.2 Å². The van der Waals surface area contributed by atoms with Gasteiger partial charge in [-0.1, -0.05) is 42.5 Å². The third-order valence-corrected chi connectivity index (χ3v) is 4.23. The normalized spacial score (nSPS) is 15.6. The van der Waals surface area contributed by atoms with Crippen LogP contribution in [-0.2, 0) is 22.4 Å². The second-order valence-corrected chi connectivity index (χ2v) is 5.94. The average Bonchev–Trinajstić information content (AvgIpc) is 2.98. The Bertz CT molecular complexity index is 744. The molecule has 0 unspecified atom stereocenters. The Morgan fingerprint density at radius 1 is 1.04 bits per heavy atom. The minimum Gasteiger partial charge on any atom is -0.508 e. The van der Waals surface area contributed by atoms with Gasteiger partial charge in [0.2, 0.25) is 11.8 Å². The number of phenols is 1. The molecule has 2 aromatic carbocycles. The molecule has 1 aliphatic rings. The van der Waals surface area contributed by atoms with E-state index in [2.05, 4.69) is 10.6 Å². The van der Waals surface area contributed by atoms with Crippen LogP contribution >= 0.6 is 0 Å². The molecule has 0 spiro atoms. The molecule has 0 heterocycles. The Hall–Kier alpha value is -2.82. The van der Waals surface area contributed by atoms with Crippen LogP contribution in [-0.4, -0.2) is 23.5 Å². The highest BCUT2D eigenvalue weighted by Crippen LogP contribution is 2.36. The molecule has 2 amide bonds. The second kappa shape index (κ2) is 7.17. The summed E-state index contributed by atoms with van der Waals surface area (Å²) in [5.74, 6) is -0.126. The molecule has 5 heteroatoms. The molecular weight excluding hydrogens is 304 g/mol. The Kier molecular flexibility index (Phi) is 4.79. The number of benzene rings is 2. The highest BCUT2D eigenvalue weighted by molar-refractivity contribution is 5.86. The van der Waals surface area contributed by atoms with Crippen LogP contribution in [0.2, 0.25) is 0 Å². The fourth-order valence-electron chi connectivity index (χ4n) is 3.05. The lowest BCUT2D eigenvalue weighted by Crippen LogP contribution is -2.38. The number of fused-ring (bicyclic) bond motifs is 1. The van der Waals surface area contributed by atoms with Crippen molar-refractivity contribution in [1.29, 1.82) is 0 Å². The zero-order valence-electron chi connectivity index (χ0n) is 13.3. The van der Waals surface area contributed by atoms with Gasteiger partial charge in [0.05, 0.1) is 19.0 Å². The number of hydrogen-bond acceptors (Lipinski definition) is 3. The Labute approximate surface area is 140 Å². The fraction of sp³-hybridized carbons (Fsp3) is 0.263. The zero-order chi connectivity index (χ0) is 16.9. The van der Waals surface area contributed by atoms with Crippen molar-refractivity contribution in [3.8, 4) is 5.75 Å². The Balaban J connectivity index is 1.49. The molecule has 124 valence electrons. The number of nitrogens with one attached hydrogen (secondary N) is 2. The summed E-state index contributed by atoms with van der Waals surface area (Å²) in [6, 6.07) is 14.7. The van der Waals surface area contributed by atoms with Crippen LogP contribution in [0, 0.1) is 0 Å². The van der Waals surface area contributed by atoms with E-state index in [1.165, 1.54) is 0 Å². The maximum absolute atomic E-state index is 12.1. The number of amides is 2. The number of carbonyl (C=O) groups excluding carboxylic acids is 2. The maximum atomic E-state index is 12.1. The van der Waals surface area contributed by atoms with E-state index in [1.54, 1.807) is 12.1 Å². The van der Waals surface area contributed by atoms with E-state index < -0.39 is 0 Å². The molecule has 3 N–H and O–H groups in total. The molecule has 0 bridgehead atoms. The topological polar surface area (TPSA) is 78.4 Å². The summed E-state index contributed by atoms with van der Waals surface area (Å²) in [6.45, 7) is -0.0453. The molecule has 0 aliphatic heterocycles. The summed E-state index contributed by atoms with van der Waals surface area (Å²) in [5, 5.41) is 15.4. The van der Waals surface area contributed by atoms with Gasteiger partial charge in [0.1, 0.15) is 5.75 Å². The number of phenolic OH excluding ortho intramolecular Hbond substituents is 1. The van der Waals surface area contributed by atoms with E-state index in [1.807, 2.05) is 36.4 Å². The summed E-state index contributed by atoms with van der Waals surface area (Å²) in [7, 11) is 0. The summed E-state index contributed by atoms with van der Waals surface area (Å²) in [6.07, 6.45) is 1.76. The molecule has 24 heavy (non-hydrogen) atoms. The van der Waals surface area contributed by atoms with Gasteiger partial charge in [0.15, 0.2) is 0 Å². The van der Waals surface area contributed by atoms with E-state index in [4.69, 9.17) is 0 Å². The van der Waals surface area contributed by atoms with Gasteiger partial charge in [-0.15, -0.1) is 0 Å². The molecule has 0 saturated carbocycles. The number of carbonyl (C=O) groups is 2. The highest BCUT2D eigenvalue weighted by atomic mass is 16.3. The Morgan fingerprint density at radius 2 is 1.83 bits per heavy atom. The molecule has 0 saturated heterocycles. The molecule has 3 rings (SSSR count).